The molecule has 0 saturated carbocycles. The third-order valence-electron chi connectivity index (χ3n) is 3.03. The minimum atomic E-state index is -0.166. The van der Waals surface area contributed by atoms with Crippen molar-refractivity contribution in [3.63, 3.8) is 0 Å². The second-order valence-electron chi connectivity index (χ2n) is 5.90. The largest absolute Gasteiger partial charge is 0.335 e. The predicted molar refractivity (Wildman–Crippen MR) is 66.5 cm³/mol. The number of likely N-dealkylation sites (tertiary alicyclic amines) is 1. The summed E-state index contributed by atoms with van der Waals surface area (Å²) in [6, 6.07) is 0.816. The zero-order valence-electron chi connectivity index (χ0n) is 11.1. The zero-order chi connectivity index (χ0) is 12.3. The first-order chi connectivity index (χ1) is 7.28. The Morgan fingerprint density at radius 3 is 2.50 bits per heavy atom. The summed E-state index contributed by atoms with van der Waals surface area (Å²) in [5, 5.41) is 5.98. The van der Waals surface area contributed by atoms with Gasteiger partial charge in [0.2, 0.25) is 0 Å². The Bertz CT molecular complexity index is 247. The highest BCUT2D eigenvalue weighted by molar-refractivity contribution is 5.74. The molecule has 0 spiro atoms. The summed E-state index contributed by atoms with van der Waals surface area (Å²) in [6.07, 6.45) is 2.08. The number of nitrogens with zero attached hydrogens (tertiary/aromatic N) is 1. The van der Waals surface area contributed by atoms with E-state index < -0.39 is 0 Å². The molecule has 1 aliphatic heterocycles. The van der Waals surface area contributed by atoms with Gasteiger partial charge in [0.1, 0.15) is 0 Å². The van der Waals surface area contributed by atoms with Crippen LogP contribution in [0.1, 0.15) is 40.5 Å². The molecule has 2 amide bonds. The highest BCUT2D eigenvalue weighted by atomic mass is 16.2. The molecule has 0 aromatic carbocycles. The summed E-state index contributed by atoms with van der Waals surface area (Å²) in [7, 11) is 2.14. The summed E-state index contributed by atoms with van der Waals surface area (Å²) < 4.78 is 0. The Balaban J connectivity index is 2.35. The molecule has 0 bridgehead atoms. The van der Waals surface area contributed by atoms with Gasteiger partial charge in [-0.25, -0.2) is 4.79 Å². The maximum absolute atomic E-state index is 11.7. The number of carbonyl (C=O) groups is 1. The van der Waals surface area contributed by atoms with Gasteiger partial charge in [-0.1, -0.05) is 0 Å². The van der Waals surface area contributed by atoms with Crippen LogP contribution >= 0.6 is 0 Å². The number of hydrogen-bond donors (Lipinski definition) is 2. The number of amides is 2. The molecule has 0 aromatic rings. The molecule has 2 atom stereocenters. The van der Waals surface area contributed by atoms with Crippen LogP contribution in [-0.4, -0.2) is 42.1 Å². The molecule has 1 heterocycles. The highest BCUT2D eigenvalue weighted by Crippen LogP contribution is 2.15. The number of hydrogen-bond acceptors (Lipinski definition) is 2. The fourth-order valence-electron chi connectivity index (χ4n) is 1.98. The van der Waals surface area contributed by atoms with Crippen molar-refractivity contribution >= 4 is 6.03 Å². The van der Waals surface area contributed by atoms with E-state index >= 15 is 0 Å². The molecule has 1 fully saturated rings. The molecule has 1 saturated heterocycles. The lowest BCUT2D eigenvalue weighted by Gasteiger charge is -2.35. The van der Waals surface area contributed by atoms with E-state index in [1.807, 2.05) is 20.8 Å². The van der Waals surface area contributed by atoms with Crippen LogP contribution in [0.5, 0.6) is 0 Å². The number of nitrogens with one attached hydrogen (secondary N) is 2. The van der Waals surface area contributed by atoms with Gasteiger partial charge in [-0.15, -0.1) is 0 Å². The van der Waals surface area contributed by atoms with E-state index in [0.717, 1.165) is 19.4 Å². The first-order valence-electron chi connectivity index (χ1n) is 6.07. The third kappa shape index (κ3) is 4.39. The lowest BCUT2D eigenvalue weighted by molar-refractivity contribution is 0.166. The van der Waals surface area contributed by atoms with E-state index in [1.165, 1.54) is 0 Å². The van der Waals surface area contributed by atoms with Crippen LogP contribution in [0.3, 0.4) is 0 Å². The summed E-state index contributed by atoms with van der Waals surface area (Å²) in [4.78, 5) is 14.0. The van der Waals surface area contributed by atoms with Gasteiger partial charge in [0, 0.05) is 24.2 Å². The Kier molecular flexibility index (Phi) is 4.19. The summed E-state index contributed by atoms with van der Waals surface area (Å²) in [5.74, 6) is 0. The van der Waals surface area contributed by atoms with E-state index in [9.17, 15) is 4.79 Å². The minimum Gasteiger partial charge on any atom is -0.335 e. The van der Waals surface area contributed by atoms with Crippen LogP contribution in [0.2, 0.25) is 0 Å². The lowest BCUT2D eigenvalue weighted by atomic mass is 9.99. The van der Waals surface area contributed by atoms with Gasteiger partial charge in [-0.2, -0.15) is 0 Å². The molecule has 2 unspecified atom stereocenters. The molecule has 2 N–H and O–H groups in total. The van der Waals surface area contributed by atoms with Crippen molar-refractivity contribution in [1.82, 2.24) is 15.5 Å². The van der Waals surface area contributed by atoms with Crippen molar-refractivity contribution in [1.29, 1.82) is 0 Å². The van der Waals surface area contributed by atoms with E-state index in [-0.39, 0.29) is 11.6 Å². The van der Waals surface area contributed by atoms with Crippen LogP contribution in [0.15, 0.2) is 0 Å². The van der Waals surface area contributed by atoms with Gasteiger partial charge in [0.25, 0.3) is 0 Å². The lowest BCUT2D eigenvalue weighted by Crippen LogP contribution is -2.53. The number of piperidine rings is 1. The quantitative estimate of drug-likeness (QED) is 0.714. The molecule has 4 heteroatoms. The highest BCUT2D eigenvalue weighted by Gasteiger charge is 2.24. The maximum atomic E-state index is 11.7. The van der Waals surface area contributed by atoms with Gasteiger partial charge < -0.3 is 15.5 Å². The van der Waals surface area contributed by atoms with Gasteiger partial charge >= 0.3 is 6.03 Å². The zero-order valence-corrected chi connectivity index (χ0v) is 11.1. The smallest absolute Gasteiger partial charge is 0.315 e. The van der Waals surface area contributed by atoms with Crippen molar-refractivity contribution in [2.45, 2.75) is 58.2 Å². The average Bonchev–Trinajstić information content (AvgIpc) is 2.08. The first kappa shape index (κ1) is 13.3. The molecule has 0 aliphatic carbocycles. The SMILES string of the molecule is CC1CC(NC(=O)NC(C)(C)C)CCN1C. The molecule has 4 nitrogen and oxygen atoms in total. The standard InChI is InChI=1S/C12H25N3O/c1-9-8-10(6-7-15(9)5)13-11(16)14-12(2,3)4/h9-10H,6-8H2,1-5H3,(H2,13,14,16). The molecule has 1 rings (SSSR count). The van der Waals surface area contributed by atoms with Crippen LogP contribution in [0.25, 0.3) is 0 Å². The Hall–Kier alpha value is -0.770. The molecular formula is C12H25N3O. The Morgan fingerprint density at radius 1 is 1.38 bits per heavy atom. The topological polar surface area (TPSA) is 44.4 Å². The first-order valence-corrected chi connectivity index (χ1v) is 6.07. The van der Waals surface area contributed by atoms with Gasteiger partial charge in [0.15, 0.2) is 0 Å². The van der Waals surface area contributed by atoms with Crippen molar-refractivity contribution in [2.75, 3.05) is 13.6 Å². The summed E-state index contributed by atoms with van der Waals surface area (Å²) in [6.45, 7) is 9.23. The summed E-state index contributed by atoms with van der Waals surface area (Å²) >= 11 is 0. The maximum Gasteiger partial charge on any atom is 0.315 e. The van der Waals surface area contributed by atoms with Gasteiger partial charge in [0.05, 0.1) is 0 Å². The van der Waals surface area contributed by atoms with E-state index in [4.69, 9.17) is 0 Å². The van der Waals surface area contributed by atoms with Gasteiger partial charge in [-0.3, -0.25) is 0 Å². The summed E-state index contributed by atoms with van der Waals surface area (Å²) in [5.41, 5.74) is -0.166. The van der Waals surface area contributed by atoms with Crippen molar-refractivity contribution < 1.29 is 4.79 Å². The Labute approximate surface area is 98.8 Å². The van der Waals surface area contributed by atoms with Crippen molar-refractivity contribution in [3.05, 3.63) is 0 Å². The molecule has 94 valence electrons. The van der Waals surface area contributed by atoms with Crippen molar-refractivity contribution in [2.24, 2.45) is 0 Å². The molecule has 0 aromatic heterocycles. The van der Waals surface area contributed by atoms with Crippen LogP contribution in [-0.2, 0) is 0 Å². The van der Waals surface area contributed by atoms with Crippen LogP contribution in [0, 0.1) is 0 Å². The number of rotatable bonds is 1. The molecule has 1 aliphatic rings. The minimum absolute atomic E-state index is 0.0470. The molecule has 0 radical (unpaired) electrons. The molecular weight excluding hydrogens is 202 g/mol. The third-order valence-corrected chi connectivity index (χ3v) is 3.03. The van der Waals surface area contributed by atoms with E-state index in [1.54, 1.807) is 0 Å². The fraction of sp³-hybridized carbons (Fsp3) is 0.917. The Morgan fingerprint density at radius 2 is 2.00 bits per heavy atom. The van der Waals surface area contributed by atoms with Gasteiger partial charge in [-0.05, 0) is 47.6 Å². The van der Waals surface area contributed by atoms with Crippen LogP contribution in [0.4, 0.5) is 4.79 Å². The second-order valence-corrected chi connectivity index (χ2v) is 5.90. The second kappa shape index (κ2) is 5.04. The monoisotopic (exact) mass is 227 g/mol. The normalized spacial score (nSPS) is 27.6. The predicted octanol–water partition coefficient (Wildman–Crippen LogP) is 1.57. The molecule has 16 heavy (non-hydrogen) atoms. The van der Waals surface area contributed by atoms with Crippen molar-refractivity contribution in [3.8, 4) is 0 Å². The number of urea groups is 1. The van der Waals surface area contributed by atoms with E-state index in [2.05, 4.69) is 29.5 Å². The average molecular weight is 227 g/mol. The van der Waals surface area contributed by atoms with E-state index in [0.29, 0.717) is 12.1 Å². The number of carbonyl (C=O) groups excluding carboxylic acids is 1. The van der Waals surface area contributed by atoms with Crippen LogP contribution < -0.4 is 10.6 Å². The fourth-order valence-corrected chi connectivity index (χ4v) is 1.98.